The van der Waals surface area contributed by atoms with Crippen LogP contribution < -0.4 is 19.5 Å². The second kappa shape index (κ2) is 17.6. The summed E-state index contributed by atoms with van der Waals surface area (Å²) < 4.78 is 62.4. The van der Waals surface area contributed by atoms with Gasteiger partial charge in [-0.15, -0.1) is 0 Å². The molecule has 2 aromatic carbocycles. The molecule has 318 valence electrons. The number of fused-ring (bicyclic) bond motifs is 1. The molecule has 0 aliphatic heterocycles. The van der Waals surface area contributed by atoms with Crippen molar-refractivity contribution >= 4 is 35.0 Å². The van der Waals surface area contributed by atoms with Crippen LogP contribution in [0.4, 0.5) is 13.2 Å². The largest absolute Gasteiger partial charge is 0.481 e. The van der Waals surface area contributed by atoms with E-state index in [1.54, 1.807) is 13.2 Å². The molecule has 15 heteroatoms. The number of carboxylic acid groups (broad SMARTS) is 1. The van der Waals surface area contributed by atoms with Crippen molar-refractivity contribution < 1.29 is 42.1 Å². The van der Waals surface area contributed by atoms with Crippen molar-refractivity contribution in [3.8, 4) is 40.0 Å². The zero-order valence-corrected chi connectivity index (χ0v) is 34.8. The molecule has 3 aromatic heterocycles. The van der Waals surface area contributed by atoms with Crippen LogP contribution in [0.2, 0.25) is 10.0 Å². The lowest BCUT2D eigenvalue weighted by molar-refractivity contribution is -0.143. The Bertz CT molecular complexity index is 2480. The number of ketones is 1. The van der Waals surface area contributed by atoms with Crippen LogP contribution in [0.5, 0.6) is 17.6 Å². The normalized spacial score (nSPS) is 17.9. The fourth-order valence-corrected chi connectivity index (χ4v) is 8.89. The van der Waals surface area contributed by atoms with E-state index in [9.17, 15) is 27.9 Å². The number of methoxy groups -OCH3 is 1. The van der Waals surface area contributed by atoms with Crippen LogP contribution in [-0.2, 0) is 41.8 Å². The molecule has 2 N–H and O–H groups in total. The summed E-state index contributed by atoms with van der Waals surface area (Å²) in [4.78, 5) is 36.8. The molecule has 0 bridgehead atoms. The molecule has 0 spiro atoms. The van der Waals surface area contributed by atoms with Gasteiger partial charge in [-0.25, -0.2) is 4.98 Å². The lowest BCUT2D eigenvalue weighted by Gasteiger charge is -2.21. The number of aromatic nitrogens is 3. The van der Waals surface area contributed by atoms with Gasteiger partial charge in [0.1, 0.15) is 24.1 Å². The van der Waals surface area contributed by atoms with E-state index < -0.39 is 35.1 Å². The van der Waals surface area contributed by atoms with Gasteiger partial charge in [0.05, 0.1) is 28.3 Å². The molecular formula is C46H43Cl2F3N4O6. The zero-order chi connectivity index (χ0) is 42.9. The lowest BCUT2D eigenvalue weighted by Crippen LogP contribution is -2.21. The van der Waals surface area contributed by atoms with Gasteiger partial charge in [-0.1, -0.05) is 65.7 Å². The molecular weight excluding hydrogens is 832 g/mol. The van der Waals surface area contributed by atoms with Crippen LogP contribution in [0.25, 0.3) is 22.4 Å². The minimum atomic E-state index is -4.84. The smallest absolute Gasteiger partial charge is 0.421 e. The number of benzene rings is 2. The maximum atomic E-state index is 14.8. The molecule has 0 unspecified atom stereocenters. The molecule has 0 amide bonds. The highest BCUT2D eigenvalue weighted by Crippen LogP contribution is 2.51. The number of Topliss-reactive ketones (excluding diaryl/α,β-unsaturated/α-hetero) is 1. The molecule has 2 saturated carbocycles. The minimum absolute atomic E-state index is 0.00925. The highest BCUT2D eigenvalue weighted by Gasteiger charge is 2.50. The average Bonchev–Trinajstić information content (AvgIpc) is 3.77. The highest BCUT2D eigenvalue weighted by molar-refractivity contribution is 6.36. The maximum Gasteiger partial charge on any atom is 0.421 e. The van der Waals surface area contributed by atoms with Gasteiger partial charge in [-0.3, -0.25) is 14.6 Å². The van der Waals surface area contributed by atoms with Gasteiger partial charge in [0.15, 0.2) is 0 Å². The van der Waals surface area contributed by atoms with Crippen LogP contribution >= 0.6 is 23.2 Å². The third-order valence-corrected chi connectivity index (χ3v) is 12.5. The number of alkyl halides is 3. The van der Waals surface area contributed by atoms with Crippen molar-refractivity contribution in [2.75, 3.05) is 13.7 Å². The Morgan fingerprint density at radius 2 is 1.72 bits per heavy atom. The number of carbonyl (C=O) groups is 2. The van der Waals surface area contributed by atoms with E-state index in [0.717, 1.165) is 41.3 Å². The summed E-state index contributed by atoms with van der Waals surface area (Å²) in [5, 5.41) is 14.0. The van der Waals surface area contributed by atoms with Gasteiger partial charge >= 0.3 is 12.1 Å². The number of carboxylic acids is 1. The summed E-state index contributed by atoms with van der Waals surface area (Å²) in [7, 11) is 1.56. The van der Waals surface area contributed by atoms with Gasteiger partial charge in [0.2, 0.25) is 17.6 Å². The van der Waals surface area contributed by atoms with E-state index in [1.165, 1.54) is 12.4 Å². The number of hydrogen-bond donors (Lipinski definition) is 2. The standard InChI is InChI=1S/C46H43Cl2F3N4O6/c1-59-41-29(23-52-21-26-8-10-31(56)19-26)9-12-38(54-41)36-7-3-6-35(40(36)48)32-4-2-5-34-33(32)11-13-39(34)61-43-37(46(49,50)51)20-28(14-15-45(16-17-45)44(57)58)42(55-43)60-25-27-18-30(47)24-53-22-27/h2-7,9,12,18,20,22,24,26,39,52H,8,10-11,13-17,19,21,23,25H2,1H3,(H,57,58)/t26-,39+/m1/s1. The van der Waals surface area contributed by atoms with Crippen molar-refractivity contribution in [1.29, 1.82) is 0 Å². The summed E-state index contributed by atoms with van der Waals surface area (Å²) in [6.45, 7) is 1.17. The molecule has 8 rings (SSSR count). The number of pyridine rings is 3. The first-order chi connectivity index (χ1) is 29.3. The number of nitrogens with one attached hydrogen (secondary N) is 1. The summed E-state index contributed by atoms with van der Waals surface area (Å²) >= 11 is 13.3. The number of nitrogens with zero attached hydrogens (tertiary/aromatic N) is 3. The van der Waals surface area contributed by atoms with Crippen LogP contribution in [-0.4, -0.2) is 45.5 Å². The van der Waals surface area contributed by atoms with Crippen molar-refractivity contribution in [3.05, 3.63) is 116 Å². The first-order valence-corrected chi connectivity index (χ1v) is 21.0. The summed E-state index contributed by atoms with van der Waals surface area (Å²) in [5.41, 5.74) is 3.96. The first kappa shape index (κ1) is 42.5. The van der Waals surface area contributed by atoms with E-state index in [0.29, 0.717) is 95.1 Å². The first-order valence-electron chi connectivity index (χ1n) is 20.2. The molecule has 5 aromatic rings. The molecule has 0 radical (unpaired) electrons. The minimum Gasteiger partial charge on any atom is -0.481 e. The topological polar surface area (TPSA) is 133 Å². The molecule has 3 aliphatic carbocycles. The van der Waals surface area contributed by atoms with Crippen molar-refractivity contribution in [3.63, 3.8) is 0 Å². The van der Waals surface area contributed by atoms with Crippen LogP contribution in [0.1, 0.15) is 84.4 Å². The maximum absolute atomic E-state index is 14.8. The number of carbonyl (C=O) groups excluding carboxylic acids is 1. The predicted molar refractivity (Wildman–Crippen MR) is 223 cm³/mol. The van der Waals surface area contributed by atoms with Crippen LogP contribution in [0.15, 0.2) is 73.1 Å². The fourth-order valence-electron chi connectivity index (χ4n) is 8.37. The molecule has 0 saturated heterocycles. The fraction of sp³-hybridized carbons (Fsp3) is 0.370. The van der Waals surface area contributed by atoms with Crippen molar-refractivity contribution in [1.82, 2.24) is 20.3 Å². The quantitative estimate of drug-likeness (QED) is 0.0987. The SMILES string of the molecule is COc1nc(-c2cccc(-c3cccc4c3CC[C@@H]4Oc3nc(OCc4cncc(Cl)c4)c(CCC4(C(=O)O)CC4)cc3C(F)(F)F)c2Cl)ccc1CNC[C@@H]1CCC(=O)C1. The molecule has 2 fully saturated rings. The number of halogens is 5. The van der Waals surface area contributed by atoms with E-state index >= 15 is 0 Å². The third kappa shape index (κ3) is 9.34. The number of aryl methyl sites for hydroxylation is 1. The van der Waals surface area contributed by atoms with Crippen LogP contribution in [0.3, 0.4) is 0 Å². The van der Waals surface area contributed by atoms with Gasteiger partial charge in [-0.2, -0.15) is 18.2 Å². The third-order valence-electron chi connectivity index (χ3n) is 11.9. The van der Waals surface area contributed by atoms with Crippen molar-refractivity contribution in [2.45, 2.75) is 83.2 Å². The summed E-state index contributed by atoms with van der Waals surface area (Å²) in [5.74, 6) is -0.590. The lowest BCUT2D eigenvalue weighted by atomic mass is 9.94. The molecule has 10 nitrogen and oxygen atoms in total. The Morgan fingerprint density at radius 1 is 0.934 bits per heavy atom. The molecule has 2 atom stereocenters. The van der Waals surface area contributed by atoms with E-state index in [4.69, 9.17) is 42.4 Å². The number of aliphatic carboxylic acids is 1. The predicted octanol–water partition coefficient (Wildman–Crippen LogP) is 10.4. The van der Waals surface area contributed by atoms with Gasteiger partial charge < -0.3 is 24.6 Å². The van der Waals surface area contributed by atoms with E-state index in [1.807, 2.05) is 48.5 Å². The van der Waals surface area contributed by atoms with E-state index in [-0.39, 0.29) is 30.9 Å². The second-order valence-electron chi connectivity index (χ2n) is 16.0. The number of hydrogen-bond acceptors (Lipinski definition) is 9. The Kier molecular flexibility index (Phi) is 12.3. The number of rotatable bonds is 16. The Hall–Kier alpha value is -5.24. The highest BCUT2D eigenvalue weighted by atomic mass is 35.5. The molecule has 3 aliphatic rings. The Labute approximate surface area is 360 Å². The monoisotopic (exact) mass is 874 g/mol. The van der Waals surface area contributed by atoms with Gasteiger partial charge in [0.25, 0.3) is 0 Å². The second-order valence-corrected chi connectivity index (χ2v) is 16.8. The van der Waals surface area contributed by atoms with Crippen LogP contribution in [0, 0.1) is 11.3 Å². The zero-order valence-electron chi connectivity index (χ0n) is 33.3. The Morgan fingerprint density at radius 3 is 2.44 bits per heavy atom. The van der Waals surface area contributed by atoms with Gasteiger partial charge in [-0.05, 0) is 92.3 Å². The van der Waals surface area contributed by atoms with E-state index in [2.05, 4.69) is 15.3 Å². The molecule has 3 heterocycles. The average molecular weight is 876 g/mol. The number of ether oxygens (including phenoxy) is 3. The molecule has 61 heavy (non-hydrogen) atoms. The Balaban J connectivity index is 1.06. The summed E-state index contributed by atoms with van der Waals surface area (Å²) in [6.07, 6.45) is 1.45. The van der Waals surface area contributed by atoms with Gasteiger partial charge in [0, 0.05) is 59.6 Å². The summed E-state index contributed by atoms with van der Waals surface area (Å²) in [6, 6.07) is 17.7. The van der Waals surface area contributed by atoms with Crippen molar-refractivity contribution in [2.24, 2.45) is 11.3 Å².